The number of benzene rings is 2. The largest absolute Gasteiger partial charge is 0.443 e. The number of carbonyl (C=O) groups is 1. The van der Waals surface area contributed by atoms with Gasteiger partial charge in [-0.2, -0.15) is 0 Å². The van der Waals surface area contributed by atoms with Crippen molar-refractivity contribution >= 4 is 49.8 Å². The van der Waals surface area contributed by atoms with Gasteiger partial charge in [-0.25, -0.2) is 18.6 Å². The summed E-state index contributed by atoms with van der Waals surface area (Å²) in [4.78, 5) is 27.3. The molecule has 1 unspecified atom stereocenters. The van der Waals surface area contributed by atoms with E-state index in [4.69, 9.17) is 10.5 Å². The number of ether oxygens (including phenoxy) is 1. The summed E-state index contributed by atoms with van der Waals surface area (Å²) in [7, 11) is -4.43. The van der Waals surface area contributed by atoms with Gasteiger partial charge in [0.25, 0.3) is 15.7 Å². The van der Waals surface area contributed by atoms with Gasteiger partial charge in [0, 0.05) is 17.6 Å². The number of amides is 1. The number of sulfonamides is 1. The number of rotatable bonds is 6. The first-order valence-electron chi connectivity index (χ1n) is 11.1. The molecular formula is C23H26N6O6S. The molecule has 1 amide bonds. The zero-order valence-electron chi connectivity index (χ0n) is 20.1. The highest BCUT2D eigenvalue weighted by atomic mass is 32.2. The van der Waals surface area contributed by atoms with Crippen LogP contribution < -0.4 is 20.9 Å². The molecule has 4 rings (SSSR count). The summed E-state index contributed by atoms with van der Waals surface area (Å²) >= 11 is 0. The normalized spacial score (nSPS) is 15.1. The van der Waals surface area contributed by atoms with E-state index >= 15 is 0 Å². The van der Waals surface area contributed by atoms with E-state index in [9.17, 15) is 23.3 Å². The van der Waals surface area contributed by atoms with Crippen LogP contribution in [0, 0.1) is 10.1 Å². The van der Waals surface area contributed by atoms with E-state index in [0.717, 1.165) is 17.7 Å². The second-order valence-corrected chi connectivity index (χ2v) is 10.9. The Bertz CT molecular complexity index is 1480. The summed E-state index contributed by atoms with van der Waals surface area (Å²) in [6.07, 6.45) is 1.40. The van der Waals surface area contributed by atoms with Crippen molar-refractivity contribution in [3.05, 3.63) is 58.3 Å². The minimum atomic E-state index is -4.43. The Hall–Kier alpha value is -4.13. The van der Waals surface area contributed by atoms with Crippen molar-refractivity contribution < 1.29 is 22.9 Å². The Kier molecular flexibility index (Phi) is 6.12. The van der Waals surface area contributed by atoms with E-state index in [1.165, 1.54) is 23.2 Å². The fourth-order valence-electron chi connectivity index (χ4n) is 4.24. The Balaban J connectivity index is 1.88. The molecule has 0 saturated carbocycles. The Morgan fingerprint density at radius 3 is 2.61 bits per heavy atom. The lowest BCUT2D eigenvalue weighted by molar-refractivity contribution is -0.387. The van der Waals surface area contributed by atoms with Gasteiger partial charge in [0.15, 0.2) is 4.90 Å². The second-order valence-electron chi connectivity index (χ2n) is 9.22. The maximum absolute atomic E-state index is 13.3. The number of hydrazine groups is 1. The van der Waals surface area contributed by atoms with Gasteiger partial charge in [0.05, 0.1) is 33.5 Å². The summed E-state index contributed by atoms with van der Waals surface area (Å²) in [5.74, 6) is 0. The third-order valence-electron chi connectivity index (χ3n) is 5.55. The minimum Gasteiger partial charge on any atom is -0.443 e. The van der Waals surface area contributed by atoms with Crippen LogP contribution in [-0.2, 0) is 14.8 Å². The quantitative estimate of drug-likeness (QED) is 0.247. The highest BCUT2D eigenvalue weighted by molar-refractivity contribution is 7.92. The first-order chi connectivity index (χ1) is 16.8. The van der Waals surface area contributed by atoms with Crippen molar-refractivity contribution in [2.75, 3.05) is 15.5 Å². The van der Waals surface area contributed by atoms with Crippen LogP contribution in [0.5, 0.6) is 0 Å². The van der Waals surface area contributed by atoms with Gasteiger partial charge in [-0.05, 0) is 51.0 Å². The standard InChI is InChI=1S/C23H26N6O6S/c1-5-16-13-10-11-25-20-14(24)12-15(21(19(13)20)28(16)26-22(30)35-23(2,3)4)27-36(33,34)18-9-7-6-8-17(18)29(31)32/h6-12,16,27H,5,24H2,1-4H3,(H,26,30). The van der Waals surface area contributed by atoms with Crippen molar-refractivity contribution in [3.63, 3.8) is 0 Å². The van der Waals surface area contributed by atoms with Crippen molar-refractivity contribution in [1.29, 1.82) is 0 Å². The fraction of sp³-hybridized carbons (Fsp3) is 0.304. The van der Waals surface area contributed by atoms with Crippen LogP contribution in [0.1, 0.15) is 45.7 Å². The lowest BCUT2D eigenvalue weighted by atomic mass is 10.0. The van der Waals surface area contributed by atoms with Gasteiger partial charge in [-0.15, -0.1) is 0 Å². The monoisotopic (exact) mass is 514 g/mol. The molecule has 0 bridgehead atoms. The molecule has 1 atom stereocenters. The Morgan fingerprint density at radius 1 is 1.28 bits per heavy atom. The molecule has 2 aromatic carbocycles. The molecule has 190 valence electrons. The first kappa shape index (κ1) is 25.0. The molecule has 0 saturated heterocycles. The van der Waals surface area contributed by atoms with Gasteiger partial charge < -0.3 is 10.5 Å². The maximum atomic E-state index is 13.3. The molecule has 12 nitrogen and oxygen atoms in total. The molecule has 0 radical (unpaired) electrons. The number of nitro benzene ring substituents is 1. The number of aromatic nitrogens is 1. The van der Waals surface area contributed by atoms with Crippen LogP contribution in [0.15, 0.2) is 47.5 Å². The van der Waals surface area contributed by atoms with Gasteiger partial charge in [-0.3, -0.25) is 24.8 Å². The molecule has 13 heteroatoms. The molecule has 36 heavy (non-hydrogen) atoms. The molecule has 3 aromatic rings. The number of nitrogen functional groups attached to an aromatic ring is 1. The number of hydrogen-bond donors (Lipinski definition) is 3. The molecule has 0 fully saturated rings. The molecule has 4 N–H and O–H groups in total. The lowest BCUT2D eigenvalue weighted by Gasteiger charge is -2.30. The first-order valence-corrected chi connectivity index (χ1v) is 12.6. The maximum Gasteiger partial charge on any atom is 0.426 e. The highest BCUT2D eigenvalue weighted by Gasteiger charge is 2.37. The fourth-order valence-corrected chi connectivity index (χ4v) is 5.47. The third kappa shape index (κ3) is 4.44. The summed E-state index contributed by atoms with van der Waals surface area (Å²) in [6, 6.07) is 7.78. The minimum absolute atomic E-state index is 0.0272. The molecule has 0 aliphatic carbocycles. The second kappa shape index (κ2) is 8.82. The predicted octanol–water partition coefficient (Wildman–Crippen LogP) is 4.24. The van der Waals surface area contributed by atoms with E-state index in [2.05, 4.69) is 15.1 Å². The van der Waals surface area contributed by atoms with Crippen molar-refractivity contribution in [2.24, 2.45) is 0 Å². The van der Waals surface area contributed by atoms with E-state index in [0.29, 0.717) is 23.0 Å². The molecule has 0 spiro atoms. The van der Waals surface area contributed by atoms with Crippen LogP contribution in [0.25, 0.3) is 10.9 Å². The summed E-state index contributed by atoms with van der Waals surface area (Å²) in [6.45, 7) is 7.08. The number of hydrogen-bond acceptors (Lipinski definition) is 9. The number of para-hydroxylation sites is 1. The van der Waals surface area contributed by atoms with Crippen molar-refractivity contribution in [2.45, 2.75) is 50.7 Å². The Labute approximate surface area is 207 Å². The highest BCUT2D eigenvalue weighted by Crippen LogP contribution is 2.50. The number of nitrogens with one attached hydrogen (secondary N) is 2. The average Bonchev–Trinajstić information content (AvgIpc) is 3.09. The van der Waals surface area contributed by atoms with E-state index in [-0.39, 0.29) is 17.4 Å². The molecule has 1 aliphatic heterocycles. The van der Waals surface area contributed by atoms with E-state index < -0.39 is 37.2 Å². The summed E-state index contributed by atoms with van der Waals surface area (Å²) in [5, 5.41) is 13.5. The van der Waals surface area contributed by atoms with Crippen molar-refractivity contribution in [1.82, 2.24) is 10.4 Å². The smallest absolute Gasteiger partial charge is 0.426 e. The molecule has 2 heterocycles. The van der Waals surface area contributed by atoms with Gasteiger partial charge in [0.1, 0.15) is 5.60 Å². The molecule has 1 aromatic heterocycles. The number of pyridine rings is 1. The van der Waals surface area contributed by atoms with Gasteiger partial charge in [0.2, 0.25) is 0 Å². The van der Waals surface area contributed by atoms with Crippen molar-refractivity contribution in [3.8, 4) is 0 Å². The number of carbonyl (C=O) groups excluding carboxylic acids is 1. The summed E-state index contributed by atoms with van der Waals surface area (Å²) < 4.78 is 34.5. The average molecular weight is 515 g/mol. The van der Waals surface area contributed by atoms with Gasteiger partial charge >= 0.3 is 6.09 Å². The lowest BCUT2D eigenvalue weighted by Crippen LogP contribution is -2.45. The Morgan fingerprint density at radius 2 is 1.97 bits per heavy atom. The number of nitro groups is 1. The zero-order chi connectivity index (χ0) is 26.4. The van der Waals surface area contributed by atoms with Gasteiger partial charge in [-0.1, -0.05) is 19.1 Å². The van der Waals surface area contributed by atoms with Crippen LogP contribution in [0.4, 0.5) is 27.5 Å². The SMILES string of the molecule is CCC1c2ccnc3c(N)cc(NS(=O)(=O)c4ccccc4[N+](=O)[O-])c(c23)N1NC(=O)OC(C)(C)C. The van der Waals surface area contributed by atoms with E-state index in [1.807, 2.05) is 6.92 Å². The van der Waals surface area contributed by atoms with E-state index in [1.54, 1.807) is 33.0 Å². The van der Waals surface area contributed by atoms with Crippen LogP contribution in [-0.4, -0.2) is 30.0 Å². The zero-order valence-corrected chi connectivity index (χ0v) is 20.9. The number of nitrogens with two attached hydrogens (primary N) is 1. The number of nitrogens with zero attached hydrogens (tertiary/aromatic N) is 3. The third-order valence-corrected chi connectivity index (χ3v) is 6.97. The molecule has 1 aliphatic rings. The topological polar surface area (TPSA) is 170 Å². The van der Waals surface area contributed by atoms with Crippen LogP contribution >= 0.6 is 0 Å². The van der Waals surface area contributed by atoms with Crippen LogP contribution in [0.2, 0.25) is 0 Å². The van der Waals surface area contributed by atoms with Crippen LogP contribution in [0.3, 0.4) is 0 Å². The predicted molar refractivity (Wildman–Crippen MR) is 135 cm³/mol. The molecular weight excluding hydrogens is 488 g/mol. The number of anilines is 3. The summed E-state index contributed by atoms with van der Waals surface area (Å²) in [5.41, 5.74) is 9.36.